The lowest BCUT2D eigenvalue weighted by Gasteiger charge is -2.06. The minimum absolute atomic E-state index is 0.0570. The number of aromatic amines is 1. The predicted octanol–water partition coefficient (Wildman–Crippen LogP) is 1.95. The van der Waals surface area contributed by atoms with Gasteiger partial charge in [0.2, 0.25) is 0 Å². The molecule has 1 aromatic heterocycles. The maximum Gasteiger partial charge on any atom is 0.251 e. The number of carbonyl (C=O) groups excluding carboxylic acids is 1. The van der Waals surface area contributed by atoms with Crippen molar-refractivity contribution in [3.05, 3.63) is 36.0 Å². The monoisotopic (exact) mass is 276 g/mol. The molecule has 2 rings (SSSR count). The van der Waals surface area contributed by atoms with Gasteiger partial charge in [-0.3, -0.25) is 4.79 Å². The van der Waals surface area contributed by atoms with Crippen LogP contribution in [0.5, 0.6) is 0 Å². The van der Waals surface area contributed by atoms with Crippen LogP contribution in [-0.2, 0) is 9.47 Å². The molecule has 0 unspecified atom stereocenters. The molecule has 2 N–H and O–H groups in total. The molecule has 1 aromatic carbocycles. The van der Waals surface area contributed by atoms with Gasteiger partial charge in [-0.25, -0.2) is 0 Å². The van der Waals surface area contributed by atoms with Crippen molar-refractivity contribution in [1.29, 1.82) is 0 Å². The van der Waals surface area contributed by atoms with E-state index in [1.54, 1.807) is 7.11 Å². The number of carbonyl (C=O) groups is 1. The highest BCUT2D eigenvalue weighted by Gasteiger charge is 2.05. The van der Waals surface area contributed by atoms with Crippen molar-refractivity contribution in [2.45, 2.75) is 6.42 Å². The summed E-state index contributed by atoms with van der Waals surface area (Å²) >= 11 is 0. The smallest absolute Gasteiger partial charge is 0.251 e. The van der Waals surface area contributed by atoms with Crippen molar-refractivity contribution in [3.63, 3.8) is 0 Å². The molecule has 0 bridgehead atoms. The van der Waals surface area contributed by atoms with Crippen molar-refractivity contribution in [3.8, 4) is 0 Å². The summed E-state index contributed by atoms with van der Waals surface area (Å²) in [7, 11) is 1.64. The fourth-order valence-electron chi connectivity index (χ4n) is 1.91. The SMILES string of the molecule is COCCOCCCNC(=O)c1ccc2cc[nH]c2c1. The van der Waals surface area contributed by atoms with Crippen LogP contribution in [-0.4, -0.2) is 44.4 Å². The number of fused-ring (bicyclic) bond motifs is 1. The van der Waals surface area contributed by atoms with Gasteiger partial charge >= 0.3 is 0 Å². The van der Waals surface area contributed by atoms with Crippen molar-refractivity contribution in [2.75, 3.05) is 33.5 Å². The van der Waals surface area contributed by atoms with Gasteiger partial charge < -0.3 is 19.8 Å². The van der Waals surface area contributed by atoms with Gasteiger partial charge in [0.15, 0.2) is 0 Å². The Morgan fingerprint density at radius 2 is 2.15 bits per heavy atom. The number of benzene rings is 1. The number of aromatic nitrogens is 1. The van der Waals surface area contributed by atoms with Crippen molar-refractivity contribution in [1.82, 2.24) is 10.3 Å². The van der Waals surface area contributed by atoms with Crippen LogP contribution >= 0.6 is 0 Å². The lowest BCUT2D eigenvalue weighted by molar-refractivity contribution is 0.0688. The second-order valence-electron chi connectivity index (χ2n) is 4.49. The molecule has 5 nitrogen and oxygen atoms in total. The second kappa shape index (κ2) is 7.67. The molecule has 0 fully saturated rings. The van der Waals surface area contributed by atoms with Gasteiger partial charge in [-0.1, -0.05) is 6.07 Å². The van der Waals surface area contributed by atoms with E-state index in [-0.39, 0.29) is 5.91 Å². The zero-order valence-electron chi connectivity index (χ0n) is 11.6. The van der Waals surface area contributed by atoms with E-state index in [1.165, 1.54) is 0 Å². The number of methoxy groups -OCH3 is 1. The quantitative estimate of drug-likeness (QED) is 0.724. The zero-order valence-corrected chi connectivity index (χ0v) is 11.6. The van der Waals surface area contributed by atoms with Crippen LogP contribution in [0.15, 0.2) is 30.5 Å². The summed E-state index contributed by atoms with van der Waals surface area (Å²) in [5.74, 6) is -0.0570. The molecule has 0 aliphatic carbocycles. The first-order valence-electron chi connectivity index (χ1n) is 6.73. The van der Waals surface area contributed by atoms with Crippen LogP contribution in [0, 0.1) is 0 Å². The number of ether oxygens (including phenoxy) is 2. The normalized spacial score (nSPS) is 10.8. The van der Waals surface area contributed by atoms with Gasteiger partial charge in [0.25, 0.3) is 5.91 Å². The number of rotatable bonds is 8. The fraction of sp³-hybridized carbons (Fsp3) is 0.400. The number of hydrogen-bond acceptors (Lipinski definition) is 3. The molecule has 20 heavy (non-hydrogen) atoms. The van der Waals surface area contributed by atoms with Crippen LogP contribution in [0.3, 0.4) is 0 Å². The van der Waals surface area contributed by atoms with Crippen LogP contribution in [0.4, 0.5) is 0 Å². The van der Waals surface area contributed by atoms with Crippen LogP contribution < -0.4 is 5.32 Å². The summed E-state index contributed by atoms with van der Waals surface area (Å²) in [6.07, 6.45) is 2.66. The average Bonchev–Trinajstić information content (AvgIpc) is 2.93. The van der Waals surface area contributed by atoms with E-state index >= 15 is 0 Å². The maximum atomic E-state index is 12.0. The Morgan fingerprint density at radius 1 is 1.25 bits per heavy atom. The first kappa shape index (κ1) is 14.6. The van der Waals surface area contributed by atoms with Crippen molar-refractivity contribution >= 4 is 16.8 Å². The summed E-state index contributed by atoms with van der Waals surface area (Å²) in [5, 5.41) is 3.99. The molecule has 1 amide bonds. The summed E-state index contributed by atoms with van der Waals surface area (Å²) in [5.41, 5.74) is 1.64. The molecule has 0 radical (unpaired) electrons. The highest BCUT2D eigenvalue weighted by Crippen LogP contribution is 2.13. The van der Waals surface area contributed by atoms with E-state index in [0.29, 0.717) is 31.9 Å². The summed E-state index contributed by atoms with van der Waals surface area (Å²) in [4.78, 5) is 15.1. The molecule has 0 atom stereocenters. The van der Waals surface area contributed by atoms with Crippen molar-refractivity contribution in [2.24, 2.45) is 0 Å². The highest BCUT2D eigenvalue weighted by atomic mass is 16.5. The third kappa shape index (κ3) is 4.08. The number of H-pyrrole nitrogens is 1. The van der Waals surface area contributed by atoms with Gasteiger partial charge in [0, 0.05) is 37.5 Å². The number of hydrogen-bond donors (Lipinski definition) is 2. The highest BCUT2D eigenvalue weighted by molar-refractivity contribution is 5.97. The Hall–Kier alpha value is -1.85. The fourth-order valence-corrected chi connectivity index (χ4v) is 1.91. The molecular weight excluding hydrogens is 256 g/mol. The van der Waals surface area contributed by atoms with Gasteiger partial charge in [-0.2, -0.15) is 0 Å². The van der Waals surface area contributed by atoms with E-state index in [9.17, 15) is 4.79 Å². The first-order chi connectivity index (χ1) is 9.81. The van der Waals surface area contributed by atoms with E-state index in [0.717, 1.165) is 17.3 Å². The molecule has 0 spiro atoms. The molecule has 0 saturated heterocycles. The Kier molecular flexibility index (Phi) is 5.58. The molecule has 2 aromatic rings. The third-order valence-corrected chi connectivity index (χ3v) is 3.00. The average molecular weight is 276 g/mol. The number of amides is 1. The predicted molar refractivity (Wildman–Crippen MR) is 77.9 cm³/mol. The lowest BCUT2D eigenvalue weighted by Crippen LogP contribution is -2.25. The standard InChI is InChI=1S/C15H20N2O3/c1-19-9-10-20-8-2-6-17-15(18)13-4-3-12-5-7-16-14(12)11-13/h3-5,7,11,16H,2,6,8-10H2,1H3,(H,17,18). The van der Waals surface area contributed by atoms with Crippen LogP contribution in [0.1, 0.15) is 16.8 Å². The second-order valence-corrected chi connectivity index (χ2v) is 4.49. The topological polar surface area (TPSA) is 63.4 Å². The Labute approximate surface area is 118 Å². The van der Waals surface area contributed by atoms with Gasteiger partial charge in [-0.15, -0.1) is 0 Å². The molecule has 5 heteroatoms. The third-order valence-electron chi connectivity index (χ3n) is 3.00. The molecule has 108 valence electrons. The van der Waals surface area contributed by atoms with E-state index < -0.39 is 0 Å². The largest absolute Gasteiger partial charge is 0.382 e. The van der Waals surface area contributed by atoms with E-state index in [4.69, 9.17) is 9.47 Å². The summed E-state index contributed by atoms with van der Waals surface area (Å²) < 4.78 is 10.2. The first-order valence-corrected chi connectivity index (χ1v) is 6.73. The minimum atomic E-state index is -0.0570. The summed E-state index contributed by atoms with van der Waals surface area (Å²) in [6, 6.07) is 7.61. The van der Waals surface area contributed by atoms with Gasteiger partial charge in [0.05, 0.1) is 13.2 Å². The van der Waals surface area contributed by atoms with Crippen LogP contribution in [0.25, 0.3) is 10.9 Å². The zero-order chi connectivity index (χ0) is 14.2. The van der Waals surface area contributed by atoms with E-state index in [1.807, 2.05) is 30.5 Å². The van der Waals surface area contributed by atoms with E-state index in [2.05, 4.69) is 10.3 Å². The van der Waals surface area contributed by atoms with Crippen molar-refractivity contribution < 1.29 is 14.3 Å². The van der Waals surface area contributed by atoms with Gasteiger partial charge in [-0.05, 0) is 30.0 Å². The maximum absolute atomic E-state index is 12.0. The summed E-state index contributed by atoms with van der Waals surface area (Å²) in [6.45, 7) is 2.42. The molecule has 0 saturated carbocycles. The Morgan fingerprint density at radius 3 is 3.00 bits per heavy atom. The Bertz CT molecular complexity index is 551. The molecule has 0 aliphatic rings. The molecule has 1 heterocycles. The molecular formula is C15H20N2O3. The van der Waals surface area contributed by atoms with Gasteiger partial charge in [0.1, 0.15) is 0 Å². The lowest BCUT2D eigenvalue weighted by atomic mass is 10.1. The molecule has 0 aliphatic heterocycles. The Balaban J connectivity index is 1.71. The number of nitrogens with one attached hydrogen (secondary N) is 2. The van der Waals surface area contributed by atoms with Crippen LogP contribution in [0.2, 0.25) is 0 Å². The minimum Gasteiger partial charge on any atom is -0.382 e.